The van der Waals surface area contributed by atoms with Crippen molar-refractivity contribution in [1.29, 1.82) is 0 Å². The molecule has 0 saturated heterocycles. The van der Waals surface area contributed by atoms with E-state index in [2.05, 4.69) is 15.9 Å². The van der Waals surface area contributed by atoms with Crippen molar-refractivity contribution in [3.8, 4) is 0 Å². The topological polar surface area (TPSA) is 0 Å². The Bertz CT molecular complexity index is 81.3. The Kier molecular flexibility index (Phi) is 10.00. The summed E-state index contributed by atoms with van der Waals surface area (Å²) in [5.41, 5.74) is 1.60. The SMILES string of the molecule is ClC=CCCCCCCBr. The molecule has 0 N–H and O–H groups in total. The van der Waals surface area contributed by atoms with Gasteiger partial charge in [-0.2, -0.15) is 0 Å². The fourth-order valence-electron chi connectivity index (χ4n) is 0.773. The normalized spacial score (nSPS) is 11.0. The van der Waals surface area contributed by atoms with E-state index in [1.54, 1.807) is 5.54 Å². The van der Waals surface area contributed by atoms with Gasteiger partial charge in [0, 0.05) is 10.9 Å². The van der Waals surface area contributed by atoms with Crippen LogP contribution in [0.5, 0.6) is 0 Å². The Morgan fingerprint density at radius 1 is 1.10 bits per heavy atom. The van der Waals surface area contributed by atoms with Crippen LogP contribution in [0, 0.1) is 0 Å². The zero-order valence-electron chi connectivity index (χ0n) is 6.15. The third-order valence-corrected chi connectivity index (χ3v) is 2.08. The third-order valence-electron chi connectivity index (χ3n) is 1.34. The minimum absolute atomic E-state index is 1.13. The van der Waals surface area contributed by atoms with Gasteiger partial charge in [-0.05, 0) is 19.3 Å². The van der Waals surface area contributed by atoms with E-state index in [0.717, 1.165) is 11.8 Å². The average Bonchev–Trinajstić information content (AvgIpc) is 1.97. The average molecular weight is 226 g/mol. The summed E-state index contributed by atoms with van der Waals surface area (Å²) in [6, 6.07) is 0. The summed E-state index contributed by atoms with van der Waals surface area (Å²) in [5, 5.41) is 1.14. The second-order valence-corrected chi connectivity index (χ2v) is 3.30. The van der Waals surface area contributed by atoms with E-state index in [-0.39, 0.29) is 0 Å². The lowest BCUT2D eigenvalue weighted by molar-refractivity contribution is 0.680. The lowest BCUT2D eigenvalue weighted by atomic mass is 10.2. The monoisotopic (exact) mass is 224 g/mol. The van der Waals surface area contributed by atoms with Crippen molar-refractivity contribution in [2.45, 2.75) is 32.1 Å². The molecule has 0 aromatic heterocycles. The standard InChI is InChI=1S/C8H14BrCl/c9-7-5-3-1-2-4-6-8-10/h6,8H,1-5,7H2. The van der Waals surface area contributed by atoms with Gasteiger partial charge < -0.3 is 0 Å². The Labute approximate surface area is 76.8 Å². The first-order valence-electron chi connectivity index (χ1n) is 3.73. The lowest BCUT2D eigenvalue weighted by Crippen LogP contribution is -1.77. The largest absolute Gasteiger partial charge is 0.0933 e. The van der Waals surface area contributed by atoms with Crippen LogP contribution in [0.15, 0.2) is 11.6 Å². The van der Waals surface area contributed by atoms with Gasteiger partial charge in [-0.15, -0.1) is 0 Å². The van der Waals surface area contributed by atoms with Gasteiger partial charge in [-0.1, -0.05) is 46.4 Å². The molecule has 0 bridgehead atoms. The summed E-state index contributed by atoms with van der Waals surface area (Å²) >= 11 is 8.75. The number of allylic oxidation sites excluding steroid dienone is 1. The minimum Gasteiger partial charge on any atom is -0.0933 e. The molecule has 0 amide bonds. The molecule has 0 aromatic rings. The van der Waals surface area contributed by atoms with Gasteiger partial charge in [-0.25, -0.2) is 0 Å². The molecule has 0 radical (unpaired) electrons. The first kappa shape index (κ1) is 10.5. The Hall–Kier alpha value is 0.510. The molecular weight excluding hydrogens is 211 g/mol. The maximum atomic E-state index is 5.35. The number of unbranched alkanes of at least 4 members (excludes halogenated alkanes) is 4. The summed E-state index contributed by atoms with van der Waals surface area (Å²) in [6.45, 7) is 0. The molecular formula is C8H14BrCl. The smallest absolute Gasteiger partial charge is 0.00313 e. The van der Waals surface area contributed by atoms with Crippen molar-refractivity contribution >= 4 is 27.5 Å². The fraction of sp³-hybridized carbons (Fsp3) is 0.750. The summed E-state index contributed by atoms with van der Waals surface area (Å²) in [4.78, 5) is 0. The molecule has 0 rings (SSSR count). The number of hydrogen-bond acceptors (Lipinski definition) is 0. The maximum absolute atomic E-state index is 5.35. The highest BCUT2D eigenvalue weighted by atomic mass is 79.9. The van der Waals surface area contributed by atoms with Crippen molar-refractivity contribution in [3.63, 3.8) is 0 Å². The van der Waals surface area contributed by atoms with Gasteiger partial charge in [0.2, 0.25) is 0 Å². The number of hydrogen-bond donors (Lipinski definition) is 0. The third kappa shape index (κ3) is 8.51. The van der Waals surface area contributed by atoms with Gasteiger partial charge in [0.1, 0.15) is 0 Å². The second kappa shape index (κ2) is 9.51. The molecule has 2 heteroatoms. The van der Waals surface area contributed by atoms with E-state index < -0.39 is 0 Å². The van der Waals surface area contributed by atoms with Crippen LogP contribution in [0.4, 0.5) is 0 Å². The second-order valence-electron chi connectivity index (χ2n) is 2.25. The zero-order valence-corrected chi connectivity index (χ0v) is 8.50. The molecule has 10 heavy (non-hydrogen) atoms. The van der Waals surface area contributed by atoms with Gasteiger partial charge in [0.05, 0.1) is 0 Å². The molecule has 60 valence electrons. The highest BCUT2D eigenvalue weighted by molar-refractivity contribution is 9.09. The van der Waals surface area contributed by atoms with Crippen molar-refractivity contribution in [1.82, 2.24) is 0 Å². The molecule has 0 fully saturated rings. The fourth-order valence-corrected chi connectivity index (χ4v) is 1.30. The lowest BCUT2D eigenvalue weighted by Gasteiger charge is -1.94. The van der Waals surface area contributed by atoms with Crippen molar-refractivity contribution in [2.24, 2.45) is 0 Å². The molecule has 0 heterocycles. The predicted molar refractivity (Wildman–Crippen MR) is 51.9 cm³/mol. The van der Waals surface area contributed by atoms with Crippen LogP contribution in [-0.2, 0) is 0 Å². The van der Waals surface area contributed by atoms with Crippen LogP contribution >= 0.6 is 27.5 Å². The Balaban J connectivity index is 2.77. The van der Waals surface area contributed by atoms with Crippen molar-refractivity contribution < 1.29 is 0 Å². The van der Waals surface area contributed by atoms with Gasteiger partial charge >= 0.3 is 0 Å². The summed E-state index contributed by atoms with van der Waals surface area (Å²) < 4.78 is 0. The molecule has 0 spiro atoms. The molecule has 0 aliphatic heterocycles. The minimum atomic E-state index is 1.13. The van der Waals surface area contributed by atoms with Crippen LogP contribution in [-0.4, -0.2) is 5.33 Å². The van der Waals surface area contributed by atoms with Crippen LogP contribution in [0.2, 0.25) is 0 Å². The summed E-state index contributed by atoms with van der Waals surface area (Å²) in [7, 11) is 0. The van der Waals surface area contributed by atoms with Crippen molar-refractivity contribution in [3.05, 3.63) is 11.6 Å². The van der Waals surface area contributed by atoms with E-state index in [9.17, 15) is 0 Å². The number of rotatable bonds is 6. The van der Waals surface area contributed by atoms with E-state index in [4.69, 9.17) is 11.6 Å². The molecule has 0 atom stereocenters. The molecule has 0 unspecified atom stereocenters. The Morgan fingerprint density at radius 3 is 2.40 bits per heavy atom. The number of alkyl halides is 1. The molecule has 0 aromatic carbocycles. The predicted octanol–water partition coefficient (Wildman–Crippen LogP) is 4.08. The molecule has 0 aliphatic rings. The Morgan fingerprint density at radius 2 is 1.80 bits per heavy atom. The van der Waals surface area contributed by atoms with E-state index in [1.807, 2.05) is 6.08 Å². The molecule has 0 saturated carbocycles. The molecule has 0 nitrogen and oxygen atoms in total. The maximum Gasteiger partial charge on any atom is 0.00313 e. The highest BCUT2D eigenvalue weighted by Crippen LogP contribution is 2.04. The number of halogens is 2. The van der Waals surface area contributed by atoms with E-state index in [1.165, 1.54) is 25.7 Å². The van der Waals surface area contributed by atoms with Gasteiger partial charge in [0.25, 0.3) is 0 Å². The van der Waals surface area contributed by atoms with Crippen LogP contribution in [0.3, 0.4) is 0 Å². The van der Waals surface area contributed by atoms with Crippen molar-refractivity contribution in [2.75, 3.05) is 5.33 Å². The van der Waals surface area contributed by atoms with Gasteiger partial charge in [0.15, 0.2) is 0 Å². The van der Waals surface area contributed by atoms with Crippen LogP contribution in [0.25, 0.3) is 0 Å². The van der Waals surface area contributed by atoms with E-state index in [0.29, 0.717) is 0 Å². The van der Waals surface area contributed by atoms with Gasteiger partial charge in [-0.3, -0.25) is 0 Å². The highest BCUT2D eigenvalue weighted by Gasteiger charge is 1.85. The first-order chi connectivity index (χ1) is 4.91. The van der Waals surface area contributed by atoms with Crippen LogP contribution < -0.4 is 0 Å². The van der Waals surface area contributed by atoms with Crippen LogP contribution in [0.1, 0.15) is 32.1 Å². The summed E-state index contributed by atoms with van der Waals surface area (Å²) in [6.07, 6.45) is 8.37. The van der Waals surface area contributed by atoms with E-state index >= 15 is 0 Å². The zero-order chi connectivity index (χ0) is 7.66. The molecule has 0 aliphatic carbocycles. The first-order valence-corrected chi connectivity index (χ1v) is 5.28. The quantitative estimate of drug-likeness (QED) is 0.472. The summed E-state index contributed by atoms with van der Waals surface area (Å²) in [5.74, 6) is 0.